The van der Waals surface area contributed by atoms with E-state index in [1.807, 2.05) is 0 Å². The van der Waals surface area contributed by atoms with Crippen LogP contribution in [0.1, 0.15) is 124 Å². The number of hydrogen-bond acceptors (Lipinski definition) is 2. The normalized spacial score (nSPS) is 38.5. The molecule has 0 amide bonds. The quantitative estimate of drug-likeness (QED) is 0.303. The van der Waals surface area contributed by atoms with Gasteiger partial charge in [0.1, 0.15) is 6.10 Å². The standard InChI is InChI=1S/C27H48O2/c1-4-6-7-8-22-11-18-26(20(3)19-22)23-12-14-24(15-13-23)27(28)29-25-16-9-21(5-2)10-17-25/h20-26H,4-19H2,1-3H3/t20-,21?,22+,23?,24?,25?,26-/m1/s1. The van der Waals surface area contributed by atoms with Crippen LogP contribution in [0.2, 0.25) is 0 Å². The van der Waals surface area contributed by atoms with Crippen molar-refractivity contribution in [2.75, 3.05) is 0 Å². The molecular formula is C27H48O2. The molecule has 3 rings (SSSR count). The summed E-state index contributed by atoms with van der Waals surface area (Å²) < 4.78 is 5.95. The van der Waals surface area contributed by atoms with Crippen LogP contribution in [-0.4, -0.2) is 12.1 Å². The zero-order valence-electron chi connectivity index (χ0n) is 19.7. The first-order chi connectivity index (χ1) is 14.1. The van der Waals surface area contributed by atoms with Crippen LogP contribution in [0.5, 0.6) is 0 Å². The van der Waals surface area contributed by atoms with E-state index >= 15 is 0 Å². The number of hydrogen-bond donors (Lipinski definition) is 0. The lowest BCUT2D eigenvalue weighted by atomic mass is 9.64. The van der Waals surface area contributed by atoms with Gasteiger partial charge in [-0.05, 0) is 93.8 Å². The molecule has 0 aliphatic heterocycles. The van der Waals surface area contributed by atoms with Gasteiger partial charge in [-0.3, -0.25) is 4.79 Å². The summed E-state index contributed by atoms with van der Waals surface area (Å²) in [6, 6.07) is 0. The monoisotopic (exact) mass is 404 g/mol. The van der Waals surface area contributed by atoms with Crippen LogP contribution in [0.3, 0.4) is 0 Å². The second kappa shape index (κ2) is 11.8. The van der Waals surface area contributed by atoms with Gasteiger partial charge in [-0.25, -0.2) is 0 Å². The Morgan fingerprint density at radius 1 is 0.828 bits per heavy atom. The highest BCUT2D eigenvalue weighted by molar-refractivity contribution is 5.72. The summed E-state index contributed by atoms with van der Waals surface area (Å²) in [5, 5.41) is 0. The first kappa shape index (κ1) is 23.1. The van der Waals surface area contributed by atoms with Crippen LogP contribution in [0.4, 0.5) is 0 Å². The molecule has 0 aromatic rings. The highest BCUT2D eigenvalue weighted by Crippen LogP contribution is 2.45. The second-order valence-electron chi connectivity index (χ2n) is 10.9. The summed E-state index contributed by atoms with van der Waals surface area (Å²) in [5.74, 6) is 4.85. The number of carbonyl (C=O) groups excluding carboxylic acids is 1. The van der Waals surface area contributed by atoms with Crippen molar-refractivity contribution in [1.82, 2.24) is 0 Å². The van der Waals surface area contributed by atoms with Gasteiger partial charge < -0.3 is 4.74 Å². The van der Waals surface area contributed by atoms with Crippen LogP contribution < -0.4 is 0 Å². The van der Waals surface area contributed by atoms with Crippen molar-refractivity contribution < 1.29 is 9.53 Å². The molecule has 2 nitrogen and oxygen atoms in total. The van der Waals surface area contributed by atoms with E-state index in [-0.39, 0.29) is 18.0 Å². The van der Waals surface area contributed by atoms with E-state index in [2.05, 4.69) is 20.8 Å². The third kappa shape index (κ3) is 6.73. The topological polar surface area (TPSA) is 26.3 Å². The third-order valence-electron chi connectivity index (χ3n) is 8.92. The summed E-state index contributed by atoms with van der Waals surface area (Å²) in [6.45, 7) is 7.11. The molecule has 3 saturated carbocycles. The molecule has 168 valence electrons. The number of unbranched alkanes of at least 4 members (excludes halogenated alkanes) is 2. The average molecular weight is 405 g/mol. The van der Waals surface area contributed by atoms with Crippen molar-refractivity contribution in [3.63, 3.8) is 0 Å². The highest BCUT2D eigenvalue weighted by Gasteiger charge is 2.37. The lowest BCUT2D eigenvalue weighted by molar-refractivity contribution is -0.157. The summed E-state index contributed by atoms with van der Waals surface area (Å²) in [4.78, 5) is 12.7. The lowest BCUT2D eigenvalue weighted by Gasteiger charge is -2.41. The zero-order chi connectivity index (χ0) is 20.6. The zero-order valence-corrected chi connectivity index (χ0v) is 19.7. The smallest absolute Gasteiger partial charge is 0.309 e. The number of esters is 1. The van der Waals surface area contributed by atoms with Gasteiger partial charge in [0.25, 0.3) is 0 Å². The molecule has 3 aliphatic rings. The van der Waals surface area contributed by atoms with E-state index in [9.17, 15) is 4.79 Å². The predicted molar refractivity (Wildman–Crippen MR) is 122 cm³/mol. The van der Waals surface area contributed by atoms with E-state index < -0.39 is 0 Å². The Hall–Kier alpha value is -0.530. The molecule has 0 aromatic carbocycles. The van der Waals surface area contributed by atoms with Crippen molar-refractivity contribution >= 4 is 5.97 Å². The van der Waals surface area contributed by atoms with Gasteiger partial charge in [0, 0.05) is 0 Å². The first-order valence-electron chi connectivity index (χ1n) is 13.3. The molecule has 0 unspecified atom stereocenters. The van der Waals surface area contributed by atoms with Crippen molar-refractivity contribution in [3.05, 3.63) is 0 Å². The van der Waals surface area contributed by atoms with Crippen molar-refractivity contribution in [3.8, 4) is 0 Å². The van der Waals surface area contributed by atoms with E-state index in [1.165, 1.54) is 77.0 Å². The molecule has 0 saturated heterocycles. The van der Waals surface area contributed by atoms with Gasteiger partial charge in [0.15, 0.2) is 0 Å². The van der Waals surface area contributed by atoms with Gasteiger partial charge >= 0.3 is 5.97 Å². The van der Waals surface area contributed by atoms with Crippen LogP contribution in [0.25, 0.3) is 0 Å². The fourth-order valence-corrected chi connectivity index (χ4v) is 6.88. The van der Waals surface area contributed by atoms with Crippen LogP contribution in [-0.2, 0) is 9.53 Å². The summed E-state index contributed by atoms with van der Waals surface area (Å²) in [7, 11) is 0. The SMILES string of the molecule is CCCCC[C@H]1CC[C@@H](C2CCC(C(=O)OC3CCC(CC)CC3)CC2)[C@H](C)C1. The minimum atomic E-state index is 0.135. The van der Waals surface area contributed by atoms with Gasteiger partial charge in [-0.2, -0.15) is 0 Å². The number of carbonyl (C=O) groups is 1. The van der Waals surface area contributed by atoms with E-state index in [0.717, 1.165) is 55.3 Å². The average Bonchev–Trinajstić information content (AvgIpc) is 2.75. The maximum atomic E-state index is 12.7. The van der Waals surface area contributed by atoms with Crippen LogP contribution in [0, 0.1) is 35.5 Å². The van der Waals surface area contributed by atoms with Crippen LogP contribution >= 0.6 is 0 Å². The fourth-order valence-electron chi connectivity index (χ4n) is 6.88. The lowest BCUT2D eigenvalue weighted by Crippen LogP contribution is -2.34. The molecule has 0 spiro atoms. The molecule has 0 bridgehead atoms. The number of rotatable bonds is 8. The van der Waals surface area contributed by atoms with E-state index in [1.54, 1.807) is 0 Å². The second-order valence-corrected chi connectivity index (χ2v) is 10.9. The Bertz CT molecular complexity index is 471. The molecule has 0 radical (unpaired) electrons. The Labute approximate surface area is 180 Å². The fraction of sp³-hybridized carbons (Fsp3) is 0.963. The highest BCUT2D eigenvalue weighted by atomic mass is 16.5. The van der Waals surface area contributed by atoms with E-state index in [0.29, 0.717) is 0 Å². The number of ether oxygens (including phenoxy) is 1. The molecule has 0 N–H and O–H groups in total. The minimum absolute atomic E-state index is 0.135. The van der Waals surface area contributed by atoms with Crippen molar-refractivity contribution in [2.45, 2.75) is 130 Å². The molecule has 2 heteroatoms. The third-order valence-corrected chi connectivity index (χ3v) is 8.92. The summed E-state index contributed by atoms with van der Waals surface area (Å²) in [6.07, 6.45) is 20.9. The maximum absolute atomic E-state index is 12.7. The Morgan fingerprint density at radius 2 is 1.52 bits per heavy atom. The van der Waals surface area contributed by atoms with E-state index in [4.69, 9.17) is 4.74 Å². The van der Waals surface area contributed by atoms with Gasteiger partial charge in [0.05, 0.1) is 5.92 Å². The first-order valence-corrected chi connectivity index (χ1v) is 13.3. The van der Waals surface area contributed by atoms with Gasteiger partial charge in [-0.15, -0.1) is 0 Å². The van der Waals surface area contributed by atoms with Gasteiger partial charge in [0.2, 0.25) is 0 Å². The molecule has 3 fully saturated rings. The van der Waals surface area contributed by atoms with Gasteiger partial charge in [-0.1, -0.05) is 59.3 Å². The maximum Gasteiger partial charge on any atom is 0.309 e. The Kier molecular flexibility index (Phi) is 9.38. The summed E-state index contributed by atoms with van der Waals surface area (Å²) >= 11 is 0. The molecule has 3 aliphatic carbocycles. The van der Waals surface area contributed by atoms with Crippen molar-refractivity contribution in [2.24, 2.45) is 35.5 Å². The summed E-state index contributed by atoms with van der Waals surface area (Å²) in [5.41, 5.74) is 0. The minimum Gasteiger partial charge on any atom is -0.462 e. The Morgan fingerprint density at radius 3 is 2.14 bits per heavy atom. The molecule has 0 heterocycles. The van der Waals surface area contributed by atoms with Crippen molar-refractivity contribution in [1.29, 1.82) is 0 Å². The molecule has 0 aromatic heterocycles. The van der Waals surface area contributed by atoms with Crippen LogP contribution in [0.15, 0.2) is 0 Å². The molecular weight excluding hydrogens is 356 g/mol. The molecule has 3 atom stereocenters. The predicted octanol–water partition coefficient (Wildman–Crippen LogP) is 7.94. The molecule has 29 heavy (non-hydrogen) atoms. The Balaban J connectivity index is 1.36. The largest absolute Gasteiger partial charge is 0.462 e.